The van der Waals surface area contributed by atoms with E-state index in [-0.39, 0.29) is 17.7 Å². The van der Waals surface area contributed by atoms with E-state index in [0.717, 1.165) is 19.3 Å². The summed E-state index contributed by atoms with van der Waals surface area (Å²) in [7, 11) is 1.77. The van der Waals surface area contributed by atoms with Gasteiger partial charge in [0.1, 0.15) is 0 Å². The minimum Gasteiger partial charge on any atom is -0.481 e. The lowest BCUT2D eigenvalue weighted by molar-refractivity contribution is -0.156. The molecule has 0 spiro atoms. The first-order valence-corrected chi connectivity index (χ1v) is 7.14. The SMILES string of the molecule is CN(CC(C)(C)C)C(=O)CC1(C(=O)O)CCCCC1. The lowest BCUT2D eigenvalue weighted by Gasteiger charge is -2.35. The van der Waals surface area contributed by atoms with Gasteiger partial charge in [-0.2, -0.15) is 0 Å². The maximum absolute atomic E-state index is 12.3. The van der Waals surface area contributed by atoms with E-state index in [9.17, 15) is 14.7 Å². The number of carbonyl (C=O) groups is 2. The molecule has 1 N–H and O–H groups in total. The average Bonchev–Trinajstić information content (AvgIpc) is 2.27. The van der Waals surface area contributed by atoms with Crippen LogP contribution in [0.2, 0.25) is 0 Å². The van der Waals surface area contributed by atoms with Crippen molar-refractivity contribution in [1.82, 2.24) is 4.90 Å². The first kappa shape index (κ1) is 16.0. The Hall–Kier alpha value is -1.06. The quantitative estimate of drug-likeness (QED) is 0.853. The Morgan fingerprint density at radius 1 is 1.16 bits per heavy atom. The fourth-order valence-corrected chi connectivity index (χ4v) is 2.92. The smallest absolute Gasteiger partial charge is 0.310 e. The van der Waals surface area contributed by atoms with Crippen LogP contribution in [0.1, 0.15) is 59.3 Å². The van der Waals surface area contributed by atoms with Crippen molar-refractivity contribution in [2.24, 2.45) is 10.8 Å². The second kappa shape index (κ2) is 5.93. The topological polar surface area (TPSA) is 57.6 Å². The number of hydrogen-bond acceptors (Lipinski definition) is 2. The van der Waals surface area contributed by atoms with Crippen molar-refractivity contribution in [3.05, 3.63) is 0 Å². The molecule has 1 fully saturated rings. The average molecular weight is 269 g/mol. The number of nitrogens with zero attached hydrogens (tertiary/aromatic N) is 1. The number of carboxylic acids is 1. The maximum atomic E-state index is 12.3. The lowest BCUT2D eigenvalue weighted by atomic mass is 9.71. The second-order valence-electron chi connectivity index (χ2n) is 7.13. The minimum atomic E-state index is -0.818. The molecule has 110 valence electrons. The zero-order valence-electron chi connectivity index (χ0n) is 12.7. The Morgan fingerprint density at radius 2 is 1.68 bits per heavy atom. The van der Waals surface area contributed by atoms with E-state index >= 15 is 0 Å². The van der Waals surface area contributed by atoms with Crippen molar-refractivity contribution < 1.29 is 14.7 Å². The van der Waals surface area contributed by atoms with Gasteiger partial charge in [0.25, 0.3) is 0 Å². The zero-order valence-corrected chi connectivity index (χ0v) is 12.7. The summed E-state index contributed by atoms with van der Waals surface area (Å²) in [5.41, 5.74) is -0.783. The lowest BCUT2D eigenvalue weighted by Crippen LogP contribution is -2.41. The molecular formula is C15H27NO3. The predicted molar refractivity (Wildman–Crippen MR) is 74.9 cm³/mol. The van der Waals surface area contributed by atoms with Crippen LogP contribution < -0.4 is 0 Å². The summed E-state index contributed by atoms with van der Waals surface area (Å²) in [6.07, 6.45) is 4.34. The third-order valence-electron chi connectivity index (χ3n) is 3.89. The Bertz CT molecular complexity index is 338. The molecule has 0 heterocycles. The molecule has 1 aliphatic carbocycles. The van der Waals surface area contributed by atoms with E-state index in [0.29, 0.717) is 19.4 Å². The summed E-state index contributed by atoms with van der Waals surface area (Å²) in [4.78, 5) is 25.5. The molecule has 0 aromatic carbocycles. The van der Waals surface area contributed by atoms with Crippen LogP contribution in [0.25, 0.3) is 0 Å². The van der Waals surface area contributed by atoms with Gasteiger partial charge in [-0.05, 0) is 18.3 Å². The largest absolute Gasteiger partial charge is 0.481 e. The van der Waals surface area contributed by atoms with Gasteiger partial charge in [0.15, 0.2) is 0 Å². The standard InChI is InChI=1S/C15H27NO3/c1-14(2,3)11-16(4)12(17)10-15(13(18)19)8-6-5-7-9-15/h5-11H2,1-4H3,(H,18,19). The molecule has 0 aliphatic heterocycles. The molecule has 4 heteroatoms. The van der Waals surface area contributed by atoms with Crippen molar-refractivity contribution >= 4 is 11.9 Å². The molecule has 0 atom stereocenters. The van der Waals surface area contributed by atoms with E-state index in [2.05, 4.69) is 20.8 Å². The van der Waals surface area contributed by atoms with Gasteiger partial charge < -0.3 is 10.0 Å². The summed E-state index contributed by atoms with van der Waals surface area (Å²) < 4.78 is 0. The fourth-order valence-electron chi connectivity index (χ4n) is 2.92. The van der Waals surface area contributed by atoms with Crippen LogP contribution in [0.4, 0.5) is 0 Å². The number of carboxylic acid groups (broad SMARTS) is 1. The van der Waals surface area contributed by atoms with Crippen LogP contribution in [-0.2, 0) is 9.59 Å². The van der Waals surface area contributed by atoms with Crippen LogP contribution in [-0.4, -0.2) is 35.5 Å². The molecule has 1 saturated carbocycles. The minimum absolute atomic E-state index is 0.0351. The van der Waals surface area contributed by atoms with Crippen LogP contribution in [0.15, 0.2) is 0 Å². The van der Waals surface area contributed by atoms with Crippen LogP contribution in [0.3, 0.4) is 0 Å². The summed E-state index contributed by atoms with van der Waals surface area (Å²) in [6.45, 7) is 6.88. The first-order valence-electron chi connectivity index (χ1n) is 7.14. The Kier molecular flexibility index (Phi) is 4.99. The third-order valence-corrected chi connectivity index (χ3v) is 3.89. The molecule has 4 nitrogen and oxygen atoms in total. The van der Waals surface area contributed by atoms with Gasteiger partial charge in [0.2, 0.25) is 5.91 Å². The first-order chi connectivity index (χ1) is 8.66. The van der Waals surface area contributed by atoms with Gasteiger partial charge in [-0.25, -0.2) is 0 Å². The molecule has 0 saturated heterocycles. The Morgan fingerprint density at radius 3 is 2.11 bits per heavy atom. The van der Waals surface area contributed by atoms with Gasteiger partial charge in [-0.15, -0.1) is 0 Å². The highest BCUT2D eigenvalue weighted by atomic mass is 16.4. The molecule has 19 heavy (non-hydrogen) atoms. The molecule has 1 aliphatic rings. The summed E-state index contributed by atoms with van der Waals surface area (Å²) in [6, 6.07) is 0. The van der Waals surface area contributed by atoms with Gasteiger partial charge in [-0.1, -0.05) is 40.0 Å². The molecule has 0 unspecified atom stereocenters. The molecule has 1 rings (SSSR count). The van der Waals surface area contributed by atoms with Crippen LogP contribution in [0.5, 0.6) is 0 Å². The molecule has 0 aromatic rings. The van der Waals surface area contributed by atoms with E-state index < -0.39 is 11.4 Å². The van der Waals surface area contributed by atoms with Crippen LogP contribution >= 0.6 is 0 Å². The Labute approximate surface area is 116 Å². The van der Waals surface area contributed by atoms with Gasteiger partial charge in [-0.3, -0.25) is 9.59 Å². The van der Waals surface area contributed by atoms with Crippen molar-refractivity contribution in [2.75, 3.05) is 13.6 Å². The third kappa shape index (κ3) is 4.51. The van der Waals surface area contributed by atoms with Gasteiger partial charge in [0, 0.05) is 20.0 Å². The van der Waals surface area contributed by atoms with Crippen molar-refractivity contribution in [3.8, 4) is 0 Å². The fraction of sp³-hybridized carbons (Fsp3) is 0.867. The highest BCUT2D eigenvalue weighted by molar-refractivity contribution is 5.85. The summed E-state index contributed by atoms with van der Waals surface area (Å²) >= 11 is 0. The molecule has 0 aromatic heterocycles. The van der Waals surface area contributed by atoms with Crippen molar-refractivity contribution in [1.29, 1.82) is 0 Å². The number of rotatable bonds is 4. The number of carbonyl (C=O) groups excluding carboxylic acids is 1. The van der Waals surface area contributed by atoms with Gasteiger partial charge >= 0.3 is 5.97 Å². The summed E-state index contributed by atoms with van der Waals surface area (Å²) in [5.74, 6) is -0.844. The highest BCUT2D eigenvalue weighted by Crippen LogP contribution is 2.40. The Balaban J connectivity index is 2.69. The van der Waals surface area contributed by atoms with E-state index in [1.807, 2.05) is 0 Å². The zero-order chi connectivity index (χ0) is 14.7. The molecular weight excluding hydrogens is 242 g/mol. The molecule has 0 radical (unpaired) electrons. The van der Waals surface area contributed by atoms with E-state index in [1.165, 1.54) is 0 Å². The van der Waals surface area contributed by atoms with Crippen molar-refractivity contribution in [2.45, 2.75) is 59.3 Å². The highest BCUT2D eigenvalue weighted by Gasteiger charge is 2.42. The number of aliphatic carboxylic acids is 1. The number of hydrogen-bond donors (Lipinski definition) is 1. The molecule has 0 bridgehead atoms. The normalized spacial score (nSPS) is 18.9. The van der Waals surface area contributed by atoms with E-state index in [4.69, 9.17) is 0 Å². The number of amides is 1. The van der Waals surface area contributed by atoms with Gasteiger partial charge in [0.05, 0.1) is 5.41 Å². The predicted octanol–water partition coefficient (Wildman–Crippen LogP) is 2.92. The second-order valence-corrected chi connectivity index (χ2v) is 7.13. The van der Waals surface area contributed by atoms with E-state index in [1.54, 1.807) is 11.9 Å². The summed E-state index contributed by atoms with van der Waals surface area (Å²) in [5, 5.41) is 9.48. The monoisotopic (exact) mass is 269 g/mol. The molecule has 1 amide bonds. The van der Waals surface area contributed by atoms with Crippen LogP contribution in [0, 0.1) is 10.8 Å². The van der Waals surface area contributed by atoms with Crippen molar-refractivity contribution in [3.63, 3.8) is 0 Å². The maximum Gasteiger partial charge on any atom is 0.310 e.